The van der Waals surface area contributed by atoms with Gasteiger partial charge in [0.25, 0.3) is 0 Å². The van der Waals surface area contributed by atoms with Crippen molar-refractivity contribution in [3.05, 3.63) is 65.1 Å². The lowest BCUT2D eigenvalue weighted by Crippen LogP contribution is -2.52. The van der Waals surface area contributed by atoms with Crippen LogP contribution in [0.5, 0.6) is 0 Å². The summed E-state index contributed by atoms with van der Waals surface area (Å²) >= 11 is 0. The van der Waals surface area contributed by atoms with Crippen molar-refractivity contribution in [3.8, 4) is 17.2 Å². The molecule has 1 unspecified atom stereocenters. The molecule has 3 aliphatic rings. The minimum Gasteiger partial charge on any atom is -0.369 e. The first-order valence-corrected chi connectivity index (χ1v) is 13.1. The van der Waals surface area contributed by atoms with Gasteiger partial charge in [-0.1, -0.05) is 18.2 Å². The van der Waals surface area contributed by atoms with E-state index in [0.717, 1.165) is 59.1 Å². The Labute approximate surface area is 208 Å². The fourth-order valence-electron chi connectivity index (χ4n) is 5.77. The van der Waals surface area contributed by atoms with E-state index >= 15 is 0 Å². The zero-order chi connectivity index (χ0) is 24.1. The lowest BCUT2D eigenvalue weighted by atomic mass is 9.95. The molecule has 6 rings (SSSR count). The molecular formula is C30H33N5. The fourth-order valence-corrected chi connectivity index (χ4v) is 5.77. The van der Waals surface area contributed by atoms with Gasteiger partial charge in [0, 0.05) is 54.4 Å². The number of benzene rings is 1. The number of pyridine rings is 2. The summed E-state index contributed by atoms with van der Waals surface area (Å²) in [6.45, 7) is 9.36. The first-order valence-electron chi connectivity index (χ1n) is 13.1. The molecule has 178 valence electrons. The third-order valence-corrected chi connectivity index (χ3v) is 7.85. The maximum Gasteiger partial charge on any atom is 0.147 e. The topological polar surface area (TPSA) is 56.1 Å². The molecule has 5 heteroatoms. The van der Waals surface area contributed by atoms with Gasteiger partial charge in [-0.3, -0.25) is 4.98 Å². The van der Waals surface area contributed by atoms with Gasteiger partial charge in [-0.2, -0.15) is 5.26 Å². The van der Waals surface area contributed by atoms with Gasteiger partial charge in [0.2, 0.25) is 0 Å². The summed E-state index contributed by atoms with van der Waals surface area (Å²) in [6.07, 6.45) is 9.18. The molecule has 0 bridgehead atoms. The minimum absolute atomic E-state index is 0.403. The first kappa shape index (κ1) is 22.1. The first-order chi connectivity index (χ1) is 17.1. The number of nitrogens with zero attached hydrogens (tertiary/aromatic N) is 5. The highest BCUT2D eigenvalue weighted by atomic mass is 15.3. The predicted molar refractivity (Wildman–Crippen MR) is 141 cm³/mol. The van der Waals surface area contributed by atoms with Crippen molar-refractivity contribution in [1.82, 2.24) is 14.9 Å². The normalized spacial score (nSPS) is 20.9. The van der Waals surface area contributed by atoms with Crippen molar-refractivity contribution in [2.75, 3.05) is 24.5 Å². The van der Waals surface area contributed by atoms with Crippen LogP contribution in [0.4, 0.5) is 5.82 Å². The Morgan fingerprint density at radius 2 is 1.91 bits per heavy atom. The van der Waals surface area contributed by atoms with Crippen LogP contribution in [-0.4, -0.2) is 40.5 Å². The van der Waals surface area contributed by atoms with Gasteiger partial charge < -0.3 is 9.80 Å². The molecule has 2 saturated carbocycles. The number of hydrogen-bond acceptors (Lipinski definition) is 5. The quantitative estimate of drug-likeness (QED) is 0.452. The number of anilines is 1. The SMILES string of the molecule is CC=C(C1CC1)N1CCN(c2nc(C3CC3)c(-c3ccnc4cc(C)ccc34)cc2C#N)CC1C. The summed E-state index contributed by atoms with van der Waals surface area (Å²) in [5.41, 5.74) is 7.76. The molecule has 2 aromatic heterocycles. The zero-order valence-electron chi connectivity index (χ0n) is 21.0. The van der Waals surface area contributed by atoms with Gasteiger partial charge in [0.05, 0.1) is 16.8 Å². The van der Waals surface area contributed by atoms with E-state index in [1.165, 1.54) is 36.9 Å². The van der Waals surface area contributed by atoms with Crippen molar-refractivity contribution >= 4 is 16.7 Å². The Morgan fingerprint density at radius 3 is 2.60 bits per heavy atom. The zero-order valence-corrected chi connectivity index (χ0v) is 21.0. The van der Waals surface area contributed by atoms with E-state index in [0.29, 0.717) is 17.5 Å². The van der Waals surface area contributed by atoms with Gasteiger partial charge in [-0.15, -0.1) is 0 Å². The van der Waals surface area contributed by atoms with E-state index < -0.39 is 0 Å². The van der Waals surface area contributed by atoms with Gasteiger partial charge >= 0.3 is 0 Å². The second kappa shape index (κ2) is 8.68. The highest BCUT2D eigenvalue weighted by molar-refractivity contribution is 5.95. The van der Waals surface area contributed by atoms with Crippen LogP contribution in [0.3, 0.4) is 0 Å². The lowest BCUT2D eigenvalue weighted by Gasteiger charge is -2.43. The molecule has 2 aliphatic carbocycles. The maximum atomic E-state index is 10.2. The minimum atomic E-state index is 0.403. The van der Waals surface area contributed by atoms with Gasteiger partial charge in [0.15, 0.2) is 0 Å². The lowest BCUT2D eigenvalue weighted by molar-refractivity contribution is 0.230. The van der Waals surface area contributed by atoms with Crippen molar-refractivity contribution in [2.45, 2.75) is 58.4 Å². The second-order valence-corrected chi connectivity index (χ2v) is 10.5. The van der Waals surface area contributed by atoms with Crippen LogP contribution in [0.25, 0.3) is 22.0 Å². The number of aromatic nitrogens is 2. The fraction of sp³-hybridized carbons (Fsp3) is 0.433. The van der Waals surface area contributed by atoms with Crippen LogP contribution >= 0.6 is 0 Å². The molecule has 1 atom stereocenters. The number of aryl methyl sites for hydroxylation is 1. The summed E-state index contributed by atoms with van der Waals surface area (Å²) in [5.74, 6) is 2.10. The molecule has 1 aromatic carbocycles. The van der Waals surface area contributed by atoms with Crippen LogP contribution < -0.4 is 4.90 Å². The molecule has 3 aromatic rings. The monoisotopic (exact) mass is 463 g/mol. The van der Waals surface area contributed by atoms with Gasteiger partial charge in [-0.05, 0) is 81.7 Å². The number of piperazine rings is 1. The second-order valence-electron chi connectivity index (χ2n) is 10.5. The molecule has 1 saturated heterocycles. The van der Waals surface area contributed by atoms with Crippen LogP contribution in [0.15, 0.2) is 48.3 Å². The summed E-state index contributed by atoms with van der Waals surface area (Å²) in [4.78, 5) is 14.8. The van der Waals surface area contributed by atoms with Gasteiger partial charge in [0.1, 0.15) is 11.9 Å². The Morgan fingerprint density at radius 1 is 1.09 bits per heavy atom. The smallest absolute Gasteiger partial charge is 0.147 e. The van der Waals surface area contributed by atoms with E-state index in [1.54, 1.807) is 0 Å². The molecular weight excluding hydrogens is 430 g/mol. The van der Waals surface area contributed by atoms with Crippen molar-refractivity contribution < 1.29 is 0 Å². The predicted octanol–water partition coefficient (Wildman–Crippen LogP) is 6.18. The molecule has 35 heavy (non-hydrogen) atoms. The number of hydrogen-bond donors (Lipinski definition) is 0. The Hall–Kier alpha value is -3.39. The Kier molecular flexibility index (Phi) is 5.48. The molecule has 0 amide bonds. The average Bonchev–Trinajstić information content (AvgIpc) is 3.78. The third-order valence-electron chi connectivity index (χ3n) is 7.85. The van der Waals surface area contributed by atoms with E-state index in [1.807, 2.05) is 6.20 Å². The number of nitriles is 1. The third kappa shape index (κ3) is 4.05. The molecule has 3 heterocycles. The van der Waals surface area contributed by atoms with E-state index in [4.69, 9.17) is 4.98 Å². The summed E-state index contributed by atoms with van der Waals surface area (Å²) in [6, 6.07) is 13.5. The van der Waals surface area contributed by atoms with Crippen molar-refractivity contribution in [2.24, 2.45) is 5.92 Å². The van der Waals surface area contributed by atoms with Crippen molar-refractivity contribution in [3.63, 3.8) is 0 Å². The number of rotatable bonds is 5. The van der Waals surface area contributed by atoms with E-state index in [2.05, 4.69) is 78.0 Å². The van der Waals surface area contributed by atoms with Crippen LogP contribution in [-0.2, 0) is 0 Å². The Balaban J connectivity index is 1.39. The van der Waals surface area contributed by atoms with Crippen LogP contribution in [0, 0.1) is 24.2 Å². The maximum absolute atomic E-state index is 10.2. The summed E-state index contributed by atoms with van der Waals surface area (Å²) < 4.78 is 0. The summed E-state index contributed by atoms with van der Waals surface area (Å²) in [7, 11) is 0. The van der Waals surface area contributed by atoms with Crippen LogP contribution in [0.1, 0.15) is 62.3 Å². The van der Waals surface area contributed by atoms with E-state index in [9.17, 15) is 5.26 Å². The molecule has 0 N–H and O–H groups in total. The molecule has 0 radical (unpaired) electrons. The molecule has 5 nitrogen and oxygen atoms in total. The van der Waals surface area contributed by atoms with E-state index in [-0.39, 0.29) is 0 Å². The average molecular weight is 464 g/mol. The Bertz CT molecular complexity index is 1360. The van der Waals surface area contributed by atoms with Crippen LogP contribution in [0.2, 0.25) is 0 Å². The van der Waals surface area contributed by atoms with Gasteiger partial charge in [-0.25, -0.2) is 4.98 Å². The molecule has 3 fully saturated rings. The standard InChI is InChI=1S/C30H33N5/c1-4-28(21-6-7-21)35-14-13-34(18-20(35)3)30-23(17-31)16-26(29(33-30)22-8-9-22)24-11-12-32-27-15-19(2)5-10-25(24)27/h4-5,10-12,15-16,20-22H,6-9,13-14,18H2,1-3H3. The molecule has 0 spiro atoms. The number of allylic oxidation sites excluding steroid dienone is 2. The largest absolute Gasteiger partial charge is 0.369 e. The highest BCUT2D eigenvalue weighted by Crippen LogP contribution is 2.46. The summed E-state index contributed by atoms with van der Waals surface area (Å²) in [5, 5.41) is 11.3. The number of fused-ring (bicyclic) bond motifs is 1. The van der Waals surface area contributed by atoms with Crippen molar-refractivity contribution in [1.29, 1.82) is 5.26 Å². The molecule has 1 aliphatic heterocycles. The highest BCUT2D eigenvalue weighted by Gasteiger charge is 2.35.